The molecule has 2 atom stereocenters. The first-order chi connectivity index (χ1) is 20.2. The molecule has 0 radical (unpaired) electrons. The lowest BCUT2D eigenvalue weighted by molar-refractivity contribution is -0.158. The van der Waals surface area contributed by atoms with Crippen LogP contribution in [0.25, 0.3) is 0 Å². The molecule has 0 amide bonds. The van der Waals surface area contributed by atoms with E-state index in [0.717, 1.165) is 27.7 Å². The van der Waals surface area contributed by atoms with Crippen LogP contribution in [0.2, 0.25) is 0 Å². The maximum absolute atomic E-state index is 12.8. The summed E-state index contributed by atoms with van der Waals surface area (Å²) in [5.41, 5.74) is 3.63. The number of hydrogen-bond acceptors (Lipinski definition) is 5. The fraction of sp³-hybridized carbons (Fsp3) is 0.306. The van der Waals surface area contributed by atoms with E-state index in [4.69, 9.17) is 18.8 Å². The van der Waals surface area contributed by atoms with Crippen molar-refractivity contribution < 1.29 is 23.6 Å². The molecule has 0 aromatic heterocycles. The third-order valence-corrected chi connectivity index (χ3v) is 7.44. The molecule has 0 saturated carbocycles. The highest BCUT2D eigenvalue weighted by molar-refractivity contribution is 6.62. The van der Waals surface area contributed by atoms with Crippen LogP contribution < -0.4 is 5.46 Å². The molecule has 6 heteroatoms. The van der Waals surface area contributed by atoms with Crippen molar-refractivity contribution in [2.75, 3.05) is 6.61 Å². The van der Waals surface area contributed by atoms with Gasteiger partial charge in [-0.1, -0.05) is 121 Å². The maximum Gasteiger partial charge on any atom is 0.494 e. The first kappa shape index (κ1) is 29.8. The predicted octanol–water partition coefficient (Wildman–Crippen LogP) is 6.60. The van der Waals surface area contributed by atoms with E-state index in [1.165, 1.54) is 0 Å². The van der Waals surface area contributed by atoms with E-state index in [1.54, 1.807) is 0 Å². The van der Waals surface area contributed by atoms with Crippen LogP contribution >= 0.6 is 0 Å². The summed E-state index contributed by atoms with van der Waals surface area (Å²) in [6.45, 7) is 7.95. The molecule has 5 nitrogen and oxygen atoms in total. The fourth-order valence-electron chi connectivity index (χ4n) is 5.58. The lowest BCUT2D eigenvalue weighted by Crippen LogP contribution is -2.51. The highest BCUT2D eigenvalue weighted by Crippen LogP contribution is 2.41. The average Bonchev–Trinajstić information content (AvgIpc) is 2.98. The quantitative estimate of drug-likeness (QED) is 0.131. The summed E-state index contributed by atoms with van der Waals surface area (Å²) in [6.07, 6.45) is -0.0748. The van der Waals surface area contributed by atoms with Crippen LogP contribution in [0.4, 0.5) is 0 Å². The van der Waals surface area contributed by atoms with Crippen LogP contribution in [0.1, 0.15) is 55.9 Å². The number of rotatable bonds is 9. The molecule has 1 aliphatic rings. The third kappa shape index (κ3) is 7.01. The average molecular weight is 563 g/mol. The van der Waals surface area contributed by atoms with Crippen LogP contribution in [0.5, 0.6) is 0 Å². The molecule has 1 fully saturated rings. The van der Waals surface area contributed by atoms with Gasteiger partial charge in [0.05, 0.1) is 25.2 Å². The van der Waals surface area contributed by atoms with E-state index in [2.05, 4.69) is 36.4 Å². The van der Waals surface area contributed by atoms with Gasteiger partial charge in [-0.15, -0.1) is 0 Å². The SMILES string of the molecule is Cc1ccccc1B1OC(COC(c2ccccc2)(c2ccccc2)c2ccccc2)CC(CC(=O)OC(C)(C)C)O1. The second kappa shape index (κ2) is 13.1. The Morgan fingerprint density at radius 1 is 0.738 bits per heavy atom. The van der Waals surface area contributed by atoms with Crippen LogP contribution in [-0.4, -0.2) is 37.5 Å². The Hall–Kier alpha value is -3.71. The number of aryl methyl sites for hydroxylation is 1. The molecular weight excluding hydrogens is 523 g/mol. The van der Waals surface area contributed by atoms with Gasteiger partial charge in [-0.2, -0.15) is 0 Å². The van der Waals surface area contributed by atoms with Crippen molar-refractivity contribution in [2.24, 2.45) is 0 Å². The largest absolute Gasteiger partial charge is 0.494 e. The topological polar surface area (TPSA) is 54.0 Å². The molecule has 1 heterocycles. The minimum Gasteiger partial charge on any atom is -0.460 e. The lowest BCUT2D eigenvalue weighted by Gasteiger charge is -2.39. The smallest absolute Gasteiger partial charge is 0.460 e. The molecule has 0 spiro atoms. The molecule has 216 valence electrons. The summed E-state index contributed by atoms with van der Waals surface area (Å²) < 4.78 is 25.7. The van der Waals surface area contributed by atoms with Crippen LogP contribution in [-0.2, 0) is 29.2 Å². The van der Waals surface area contributed by atoms with Crippen molar-refractivity contribution in [3.05, 3.63) is 138 Å². The molecular formula is C36H39BO5. The zero-order chi connectivity index (χ0) is 29.6. The van der Waals surface area contributed by atoms with Gasteiger partial charge < -0.3 is 18.8 Å². The van der Waals surface area contributed by atoms with Gasteiger partial charge in [-0.3, -0.25) is 4.79 Å². The summed E-state index contributed by atoms with van der Waals surface area (Å²) in [5, 5.41) is 0. The van der Waals surface area contributed by atoms with Gasteiger partial charge in [0.15, 0.2) is 0 Å². The second-order valence-electron chi connectivity index (χ2n) is 11.8. The van der Waals surface area contributed by atoms with E-state index in [-0.39, 0.29) is 31.2 Å². The van der Waals surface area contributed by atoms with Crippen molar-refractivity contribution in [3.63, 3.8) is 0 Å². The number of carbonyl (C=O) groups is 1. The first-order valence-electron chi connectivity index (χ1n) is 14.6. The van der Waals surface area contributed by atoms with E-state index >= 15 is 0 Å². The van der Waals surface area contributed by atoms with Crippen molar-refractivity contribution in [3.8, 4) is 0 Å². The van der Waals surface area contributed by atoms with E-state index < -0.39 is 18.3 Å². The van der Waals surface area contributed by atoms with Gasteiger partial charge in [-0.25, -0.2) is 0 Å². The minimum atomic E-state index is -0.871. The van der Waals surface area contributed by atoms with Crippen molar-refractivity contribution >= 4 is 18.6 Å². The first-order valence-corrected chi connectivity index (χ1v) is 14.6. The van der Waals surface area contributed by atoms with Gasteiger partial charge in [0.25, 0.3) is 0 Å². The van der Waals surface area contributed by atoms with Crippen molar-refractivity contribution in [1.29, 1.82) is 0 Å². The molecule has 4 aromatic carbocycles. The van der Waals surface area contributed by atoms with Crippen LogP contribution in [0, 0.1) is 6.92 Å². The standard InChI is InChI=1S/C36H39BO5/c1-27-16-14-15-23-33(27)37-41-31(25-34(38)40-35(2,3)4)24-32(42-37)26-39-36(28-17-8-5-9-18-28,29-19-10-6-11-20-29)30-21-12-7-13-22-30/h5-23,31-32H,24-26H2,1-4H3. The summed E-state index contributed by atoms with van der Waals surface area (Å²) >= 11 is 0. The van der Waals surface area contributed by atoms with Gasteiger partial charge in [-0.05, 0) is 56.3 Å². The molecule has 0 bridgehead atoms. The van der Waals surface area contributed by atoms with E-state index in [0.29, 0.717) is 6.42 Å². The molecule has 1 aliphatic heterocycles. The zero-order valence-corrected chi connectivity index (χ0v) is 24.9. The molecule has 5 rings (SSSR count). The summed E-state index contributed by atoms with van der Waals surface area (Å²) in [5.74, 6) is -0.287. The summed E-state index contributed by atoms with van der Waals surface area (Å²) in [6, 6.07) is 38.9. The molecule has 2 unspecified atom stereocenters. The monoisotopic (exact) mass is 562 g/mol. The summed E-state index contributed by atoms with van der Waals surface area (Å²) in [7, 11) is -0.624. The predicted molar refractivity (Wildman–Crippen MR) is 167 cm³/mol. The number of ether oxygens (including phenoxy) is 2. The molecule has 4 aromatic rings. The Kier molecular flexibility index (Phi) is 9.27. The molecule has 1 saturated heterocycles. The zero-order valence-electron chi connectivity index (χ0n) is 24.9. The normalized spacial score (nSPS) is 17.6. The minimum absolute atomic E-state index is 0.140. The van der Waals surface area contributed by atoms with Gasteiger partial charge in [0.2, 0.25) is 0 Å². The highest BCUT2D eigenvalue weighted by atomic mass is 16.6. The van der Waals surface area contributed by atoms with E-state index in [9.17, 15) is 4.79 Å². The van der Waals surface area contributed by atoms with Gasteiger partial charge >= 0.3 is 13.1 Å². The van der Waals surface area contributed by atoms with Gasteiger partial charge in [0, 0.05) is 0 Å². The van der Waals surface area contributed by atoms with Gasteiger partial charge in [0.1, 0.15) is 11.2 Å². The van der Waals surface area contributed by atoms with Crippen LogP contribution in [0.3, 0.4) is 0 Å². The molecule has 0 N–H and O–H groups in total. The molecule has 0 aliphatic carbocycles. The van der Waals surface area contributed by atoms with E-state index in [1.807, 2.05) is 107 Å². The Bertz CT molecular complexity index is 1340. The van der Waals surface area contributed by atoms with Crippen LogP contribution in [0.15, 0.2) is 115 Å². The summed E-state index contributed by atoms with van der Waals surface area (Å²) in [4.78, 5) is 12.8. The van der Waals surface area contributed by atoms with Crippen molar-refractivity contribution in [2.45, 2.75) is 63.9 Å². The van der Waals surface area contributed by atoms with Crippen molar-refractivity contribution in [1.82, 2.24) is 0 Å². The second-order valence-corrected chi connectivity index (χ2v) is 11.8. The Balaban J connectivity index is 1.48. The lowest BCUT2D eigenvalue weighted by atomic mass is 9.74. The fourth-order valence-corrected chi connectivity index (χ4v) is 5.58. The molecule has 42 heavy (non-hydrogen) atoms. The number of hydrogen-bond donors (Lipinski definition) is 0. The Labute approximate surface area is 249 Å². The Morgan fingerprint density at radius 3 is 1.71 bits per heavy atom. The third-order valence-electron chi connectivity index (χ3n) is 7.44. The maximum atomic E-state index is 12.8. The highest BCUT2D eigenvalue weighted by Gasteiger charge is 2.42. The Morgan fingerprint density at radius 2 is 1.21 bits per heavy atom. The number of carbonyl (C=O) groups excluding carboxylic acids is 1. The number of esters is 1. The number of benzene rings is 4.